The molecular formula is CH8NiO6. The molecule has 0 aliphatic heterocycles. The Morgan fingerprint density at radius 2 is 0.750 bits per heavy atom. The van der Waals surface area contributed by atoms with Gasteiger partial charge in [-0.1, -0.05) is 0 Å². The molecule has 0 rings (SSSR count). The zero-order valence-electron chi connectivity index (χ0n) is 3.61. The molecule has 0 radical (unpaired) electrons. The van der Waals surface area contributed by atoms with E-state index in [-0.39, 0.29) is 27.4 Å². The largest absolute Gasteiger partial charge is 0.412 e. The van der Waals surface area contributed by atoms with Crippen LogP contribution in [0, 0.1) is 0 Å². The summed E-state index contributed by atoms with van der Waals surface area (Å²) in [6.07, 6.45) is -3.50. The molecule has 0 aliphatic rings. The summed E-state index contributed by atoms with van der Waals surface area (Å²) in [7, 11) is 0. The number of aliphatic hydroxyl groups is 4. The van der Waals surface area contributed by atoms with E-state index in [9.17, 15) is 0 Å². The van der Waals surface area contributed by atoms with Crippen molar-refractivity contribution >= 4 is 0 Å². The van der Waals surface area contributed by atoms with E-state index in [2.05, 4.69) is 0 Å². The van der Waals surface area contributed by atoms with Crippen LogP contribution in [0.1, 0.15) is 0 Å². The maximum absolute atomic E-state index is 7.19. The Hall–Kier alpha value is 0.254. The Morgan fingerprint density at radius 3 is 0.750 bits per heavy atom. The molecule has 0 unspecified atom stereocenters. The third-order valence-corrected chi connectivity index (χ3v) is 0. The average molecular weight is 175 g/mol. The van der Waals surface area contributed by atoms with Crippen molar-refractivity contribution in [2.75, 3.05) is 0 Å². The third kappa shape index (κ3) is 2690. The van der Waals surface area contributed by atoms with Gasteiger partial charge < -0.3 is 31.4 Å². The van der Waals surface area contributed by atoms with Crippen LogP contribution in [0.4, 0.5) is 0 Å². The molecule has 58 valence electrons. The van der Waals surface area contributed by atoms with Gasteiger partial charge in [-0.25, -0.2) is 0 Å². The van der Waals surface area contributed by atoms with Gasteiger partial charge in [0.25, 0.3) is 0 Å². The molecule has 0 heterocycles. The normalized spacial score (nSPS) is 7.50. The molecule has 0 spiro atoms. The second kappa shape index (κ2) is 7.25. The minimum atomic E-state index is -3.50. The first-order valence-corrected chi connectivity index (χ1v) is 0.894. The van der Waals surface area contributed by atoms with Gasteiger partial charge in [0.2, 0.25) is 0 Å². The van der Waals surface area contributed by atoms with Gasteiger partial charge in [0.05, 0.1) is 0 Å². The first kappa shape index (κ1) is 24.0. The minimum Gasteiger partial charge on any atom is -0.412 e. The Kier molecular flexibility index (Phi) is 21.8. The molecule has 0 aromatic heterocycles. The smallest absolute Gasteiger partial charge is 0.402 e. The van der Waals surface area contributed by atoms with Crippen molar-refractivity contribution in [2.45, 2.75) is 6.16 Å². The maximum atomic E-state index is 7.19. The summed E-state index contributed by atoms with van der Waals surface area (Å²) < 4.78 is 0. The first-order valence-electron chi connectivity index (χ1n) is 0.894. The van der Waals surface area contributed by atoms with Crippen molar-refractivity contribution in [3.63, 3.8) is 0 Å². The molecule has 8 N–H and O–H groups in total. The summed E-state index contributed by atoms with van der Waals surface area (Å²) in [5, 5.41) is 28.8. The van der Waals surface area contributed by atoms with Crippen molar-refractivity contribution in [1.29, 1.82) is 0 Å². The molecule has 0 bridgehead atoms. The van der Waals surface area contributed by atoms with Crippen LogP contribution >= 0.6 is 0 Å². The molecule has 6 nitrogen and oxygen atoms in total. The predicted octanol–water partition coefficient (Wildman–Crippen LogP) is -4.08. The van der Waals surface area contributed by atoms with Gasteiger partial charge in [-0.15, -0.1) is 0 Å². The zero-order chi connectivity index (χ0) is 4.50. The molecule has 0 aliphatic carbocycles. The number of hydrogen-bond donors (Lipinski definition) is 4. The molecule has 0 saturated heterocycles. The van der Waals surface area contributed by atoms with Gasteiger partial charge in [0.1, 0.15) is 0 Å². The van der Waals surface area contributed by atoms with Gasteiger partial charge in [-0.05, 0) is 0 Å². The maximum Gasteiger partial charge on any atom is 0.402 e. The van der Waals surface area contributed by atoms with E-state index in [0.29, 0.717) is 0 Å². The van der Waals surface area contributed by atoms with Crippen molar-refractivity contribution in [1.82, 2.24) is 0 Å². The van der Waals surface area contributed by atoms with E-state index >= 15 is 0 Å². The fourth-order valence-corrected chi connectivity index (χ4v) is 0. The molecule has 0 atom stereocenters. The SMILES string of the molecule is O.O.OC(O)(O)O.[Ni]. The van der Waals surface area contributed by atoms with E-state index in [1.54, 1.807) is 0 Å². The summed E-state index contributed by atoms with van der Waals surface area (Å²) in [5.41, 5.74) is 0. The van der Waals surface area contributed by atoms with Gasteiger partial charge in [-0.2, -0.15) is 0 Å². The molecular weight excluding hydrogens is 167 g/mol. The van der Waals surface area contributed by atoms with Gasteiger partial charge in [0, 0.05) is 16.5 Å². The number of hydrogen-bond acceptors (Lipinski definition) is 4. The van der Waals surface area contributed by atoms with Crippen LogP contribution in [0.2, 0.25) is 0 Å². The van der Waals surface area contributed by atoms with Crippen molar-refractivity contribution in [2.24, 2.45) is 0 Å². The van der Waals surface area contributed by atoms with Crippen molar-refractivity contribution < 1.29 is 47.9 Å². The third-order valence-electron chi connectivity index (χ3n) is 0. The monoisotopic (exact) mass is 174 g/mol. The van der Waals surface area contributed by atoms with Gasteiger partial charge >= 0.3 is 6.16 Å². The van der Waals surface area contributed by atoms with Crippen molar-refractivity contribution in [3.8, 4) is 0 Å². The molecule has 0 fully saturated rings. The van der Waals surface area contributed by atoms with Gasteiger partial charge in [0.15, 0.2) is 0 Å². The summed E-state index contributed by atoms with van der Waals surface area (Å²) in [5.74, 6) is 0. The quantitative estimate of drug-likeness (QED) is 0.219. The fourth-order valence-electron chi connectivity index (χ4n) is 0. The van der Waals surface area contributed by atoms with Crippen LogP contribution in [-0.2, 0) is 16.5 Å². The Labute approximate surface area is 54.9 Å². The minimum absolute atomic E-state index is 0. The Bertz CT molecular complexity index is 24.0. The second-order valence-corrected chi connectivity index (χ2v) is 0.600. The van der Waals surface area contributed by atoms with Crippen LogP contribution in [-0.4, -0.2) is 37.5 Å². The van der Waals surface area contributed by atoms with Crippen LogP contribution < -0.4 is 0 Å². The van der Waals surface area contributed by atoms with Crippen LogP contribution in [0.5, 0.6) is 0 Å². The average Bonchev–Trinajstić information content (AvgIpc) is 0.722. The van der Waals surface area contributed by atoms with E-state index < -0.39 is 6.16 Å². The molecule has 8 heavy (non-hydrogen) atoms. The Morgan fingerprint density at radius 1 is 0.750 bits per heavy atom. The number of rotatable bonds is 0. The van der Waals surface area contributed by atoms with Gasteiger partial charge in [-0.3, -0.25) is 0 Å². The van der Waals surface area contributed by atoms with Crippen LogP contribution in [0.25, 0.3) is 0 Å². The van der Waals surface area contributed by atoms with E-state index in [0.717, 1.165) is 0 Å². The van der Waals surface area contributed by atoms with E-state index in [1.165, 1.54) is 0 Å². The summed E-state index contributed by atoms with van der Waals surface area (Å²) >= 11 is 0. The van der Waals surface area contributed by atoms with E-state index in [4.69, 9.17) is 20.4 Å². The van der Waals surface area contributed by atoms with Crippen LogP contribution in [0.15, 0.2) is 0 Å². The van der Waals surface area contributed by atoms with Crippen LogP contribution in [0.3, 0.4) is 0 Å². The zero-order valence-corrected chi connectivity index (χ0v) is 4.59. The fraction of sp³-hybridized carbons (Fsp3) is 1.00. The molecule has 0 aromatic carbocycles. The topological polar surface area (TPSA) is 144 Å². The second-order valence-electron chi connectivity index (χ2n) is 0.600. The van der Waals surface area contributed by atoms with E-state index in [1.807, 2.05) is 0 Å². The predicted molar refractivity (Wildman–Crippen MR) is 18.8 cm³/mol. The standard InChI is InChI=1S/CH4O4.Ni.2H2O/c2-1(3,4)5;;;/h2-5H;;2*1H2. The molecule has 7 heteroatoms. The molecule has 0 aromatic rings. The Balaban J connectivity index is -0.0000000267. The summed E-state index contributed by atoms with van der Waals surface area (Å²) in [4.78, 5) is 0. The summed E-state index contributed by atoms with van der Waals surface area (Å²) in [6.45, 7) is 0. The van der Waals surface area contributed by atoms with Crippen molar-refractivity contribution in [3.05, 3.63) is 0 Å². The molecule has 0 saturated carbocycles. The molecule has 0 amide bonds. The first-order chi connectivity index (χ1) is 2.00. The summed E-state index contributed by atoms with van der Waals surface area (Å²) in [6, 6.07) is 0.